The molecule has 6 rings (SSSR count). The Kier molecular flexibility index (Phi) is 13.6. The molecule has 10 nitrogen and oxygen atoms in total. The molecule has 4 heterocycles. The van der Waals surface area contributed by atoms with Crippen molar-refractivity contribution in [2.75, 3.05) is 69.2 Å². The number of rotatable bonds is 13. The number of aromatic nitrogens is 1. The quantitative estimate of drug-likeness (QED) is 0.136. The summed E-state index contributed by atoms with van der Waals surface area (Å²) in [5, 5.41) is 18.5. The third-order valence-corrected chi connectivity index (χ3v) is 8.98. The van der Waals surface area contributed by atoms with Crippen LogP contribution in [-0.2, 0) is 0 Å². The van der Waals surface area contributed by atoms with Gasteiger partial charge in [-0.15, -0.1) is 0 Å². The lowest BCUT2D eigenvalue weighted by Crippen LogP contribution is -2.41. The number of hydrogen-bond donors (Lipinski definition) is 4. The van der Waals surface area contributed by atoms with Gasteiger partial charge in [0, 0.05) is 87.2 Å². The smallest absolute Gasteiger partial charge is 0.251 e. The summed E-state index contributed by atoms with van der Waals surface area (Å²) < 4.78 is 5.60. The first kappa shape index (κ1) is 35.6. The molecule has 2 aromatic heterocycles. The third kappa shape index (κ3) is 11.2. The first-order valence-electron chi connectivity index (χ1n) is 17.5. The van der Waals surface area contributed by atoms with Crippen LogP contribution in [0.2, 0.25) is 0 Å². The molecule has 1 unspecified atom stereocenters. The number of carbonyl (C=O) groups excluding carboxylic acids is 2. The van der Waals surface area contributed by atoms with Crippen molar-refractivity contribution in [3.8, 4) is 11.3 Å². The largest absolute Gasteiger partial charge is 0.461 e. The third-order valence-electron chi connectivity index (χ3n) is 8.98. The Hall–Kier alpha value is -4.67. The van der Waals surface area contributed by atoms with Crippen LogP contribution in [0.1, 0.15) is 58.6 Å². The number of likely N-dealkylation sites (tertiary alicyclic amines) is 1. The fourth-order valence-electron chi connectivity index (χ4n) is 6.20. The number of benzene rings is 2. The molecule has 260 valence electrons. The fourth-order valence-corrected chi connectivity index (χ4v) is 6.20. The molecule has 2 aromatic carbocycles. The second-order valence-corrected chi connectivity index (χ2v) is 12.8. The maximum Gasteiger partial charge on any atom is 0.251 e. The van der Waals surface area contributed by atoms with Crippen molar-refractivity contribution < 1.29 is 19.1 Å². The maximum absolute atomic E-state index is 12.3. The Labute approximate surface area is 289 Å². The molecule has 0 saturated carbocycles. The van der Waals surface area contributed by atoms with Crippen molar-refractivity contribution in [1.82, 2.24) is 20.5 Å². The lowest BCUT2D eigenvalue weighted by molar-refractivity contribution is 0.0928. The molecule has 2 fully saturated rings. The van der Waals surface area contributed by atoms with Crippen LogP contribution >= 0.6 is 0 Å². The number of hydrogen-bond acceptors (Lipinski definition) is 8. The molecular weight excluding hydrogens is 616 g/mol. The Balaban J connectivity index is 0.000000191. The predicted octanol–water partition coefficient (Wildman–Crippen LogP) is 5.60. The van der Waals surface area contributed by atoms with Gasteiger partial charge in [-0.1, -0.05) is 12.1 Å². The monoisotopic (exact) mass is 666 g/mol. The van der Waals surface area contributed by atoms with E-state index < -0.39 is 0 Å². The highest BCUT2D eigenvalue weighted by Crippen LogP contribution is 2.23. The number of furan rings is 1. The van der Waals surface area contributed by atoms with Gasteiger partial charge in [0.15, 0.2) is 0 Å². The van der Waals surface area contributed by atoms with Crippen molar-refractivity contribution in [2.24, 2.45) is 5.92 Å². The van der Waals surface area contributed by atoms with Crippen molar-refractivity contribution in [3.05, 3.63) is 102 Å². The summed E-state index contributed by atoms with van der Waals surface area (Å²) in [7, 11) is 0. The zero-order valence-corrected chi connectivity index (χ0v) is 28.6. The molecule has 49 heavy (non-hydrogen) atoms. The fraction of sp³-hybridized carbons (Fsp3) is 0.410. The van der Waals surface area contributed by atoms with Crippen LogP contribution in [0.15, 0.2) is 89.6 Å². The molecule has 0 bridgehead atoms. The zero-order valence-electron chi connectivity index (χ0n) is 28.6. The van der Waals surface area contributed by atoms with Crippen LogP contribution in [0.4, 0.5) is 11.4 Å². The molecule has 0 radical (unpaired) electrons. The van der Waals surface area contributed by atoms with E-state index in [1.807, 2.05) is 79.7 Å². The minimum Gasteiger partial charge on any atom is -0.461 e. The van der Waals surface area contributed by atoms with Crippen LogP contribution in [0.25, 0.3) is 11.3 Å². The van der Waals surface area contributed by atoms with Gasteiger partial charge in [-0.2, -0.15) is 0 Å². The minimum atomic E-state index is -0.0575. The van der Waals surface area contributed by atoms with Crippen molar-refractivity contribution >= 4 is 23.2 Å². The van der Waals surface area contributed by atoms with Crippen molar-refractivity contribution in [3.63, 3.8) is 0 Å². The number of piperidine rings is 1. The van der Waals surface area contributed by atoms with E-state index in [4.69, 9.17) is 4.42 Å². The normalized spacial score (nSPS) is 16.0. The lowest BCUT2D eigenvalue weighted by atomic mass is 9.99. The summed E-state index contributed by atoms with van der Waals surface area (Å²) in [6.07, 6.45) is 9.14. The molecule has 2 amide bonds. The molecular formula is C39H50N6O4. The van der Waals surface area contributed by atoms with Gasteiger partial charge < -0.3 is 35.3 Å². The Morgan fingerprint density at radius 3 is 2.22 bits per heavy atom. The van der Waals surface area contributed by atoms with Gasteiger partial charge in [0.1, 0.15) is 11.5 Å². The summed E-state index contributed by atoms with van der Waals surface area (Å²) in [4.78, 5) is 33.2. The Morgan fingerprint density at radius 1 is 0.857 bits per heavy atom. The van der Waals surface area contributed by atoms with Crippen molar-refractivity contribution in [1.29, 1.82) is 0 Å². The second-order valence-electron chi connectivity index (χ2n) is 12.8. The molecule has 2 aliphatic heterocycles. The summed E-state index contributed by atoms with van der Waals surface area (Å²) in [6, 6.07) is 23.1. The number of aryl methyl sites for hydroxylation is 1. The number of aliphatic hydroxyl groups excluding tert-OH is 1. The second kappa shape index (κ2) is 18.8. The molecule has 4 N–H and O–H groups in total. The van der Waals surface area contributed by atoms with E-state index in [0.717, 1.165) is 86.9 Å². The number of amides is 2. The topological polar surface area (TPSA) is 123 Å². The Morgan fingerprint density at radius 2 is 1.57 bits per heavy atom. The molecule has 4 aromatic rings. The van der Waals surface area contributed by atoms with Gasteiger partial charge in [0.05, 0.1) is 5.69 Å². The van der Waals surface area contributed by atoms with Crippen molar-refractivity contribution in [2.45, 2.75) is 39.0 Å². The average molecular weight is 667 g/mol. The Bertz CT molecular complexity index is 1570. The number of anilines is 2. The van der Waals surface area contributed by atoms with Gasteiger partial charge >= 0.3 is 0 Å². The number of aliphatic hydroxyl groups is 1. The van der Waals surface area contributed by atoms with Crippen LogP contribution in [0, 0.1) is 12.8 Å². The standard InChI is InChI=1S/C20H26N2O3.C19H24N4O/c1-15-4-9-19(25-15)17-5-7-18(8-6-17)20(24)21-10-12-22-11-2-3-16(13-22)14-23;24-19(22-12-4-11-21-17-5-3-10-20-15-17)16-6-8-18(9-7-16)23-13-1-2-14-23/h4-9,16,23H,2-3,10-14H2,1H3,(H,21,24);3,5-10,15,21H,1-2,4,11-14H2,(H,22,24). The van der Waals surface area contributed by atoms with Gasteiger partial charge in [-0.3, -0.25) is 14.6 Å². The SMILES string of the molecule is Cc1ccc(-c2ccc(C(=O)NCCN3CCCC(CO)C3)cc2)o1.O=C(NCCCNc1cccnc1)c1ccc(N2CCCC2)cc1. The summed E-state index contributed by atoms with van der Waals surface area (Å²) in [6.45, 7) is 9.28. The highest BCUT2D eigenvalue weighted by molar-refractivity contribution is 5.95. The molecule has 2 saturated heterocycles. The molecule has 0 aliphatic carbocycles. The van der Waals surface area contributed by atoms with Gasteiger partial charge in [-0.05, 0) is 112 Å². The van der Waals surface area contributed by atoms with Gasteiger partial charge in [0.2, 0.25) is 0 Å². The van der Waals surface area contributed by atoms with E-state index in [0.29, 0.717) is 24.6 Å². The minimum absolute atomic E-state index is 0.00986. The van der Waals surface area contributed by atoms with E-state index in [-0.39, 0.29) is 18.4 Å². The summed E-state index contributed by atoms with van der Waals surface area (Å²) in [5.41, 5.74) is 4.55. The maximum atomic E-state index is 12.3. The molecule has 1 atom stereocenters. The predicted molar refractivity (Wildman–Crippen MR) is 195 cm³/mol. The van der Waals surface area contributed by atoms with Crippen LogP contribution in [0.5, 0.6) is 0 Å². The molecule has 2 aliphatic rings. The number of pyridine rings is 1. The van der Waals surface area contributed by atoms with E-state index in [1.54, 1.807) is 12.4 Å². The lowest BCUT2D eigenvalue weighted by Gasteiger charge is -2.31. The van der Waals surface area contributed by atoms with E-state index >= 15 is 0 Å². The van der Waals surface area contributed by atoms with Crippen LogP contribution in [0.3, 0.4) is 0 Å². The zero-order chi connectivity index (χ0) is 34.3. The van der Waals surface area contributed by atoms with Gasteiger partial charge in [-0.25, -0.2) is 0 Å². The van der Waals surface area contributed by atoms with E-state index in [1.165, 1.54) is 18.5 Å². The molecule has 0 spiro atoms. The highest BCUT2D eigenvalue weighted by Gasteiger charge is 2.19. The van der Waals surface area contributed by atoms with E-state index in [2.05, 4.69) is 30.7 Å². The van der Waals surface area contributed by atoms with Crippen LogP contribution < -0.4 is 20.9 Å². The van der Waals surface area contributed by atoms with Crippen LogP contribution in [-0.4, -0.2) is 85.8 Å². The highest BCUT2D eigenvalue weighted by atomic mass is 16.3. The first-order chi connectivity index (χ1) is 24.0. The summed E-state index contributed by atoms with van der Waals surface area (Å²) in [5.74, 6) is 2.00. The van der Waals surface area contributed by atoms with E-state index in [9.17, 15) is 14.7 Å². The first-order valence-corrected chi connectivity index (χ1v) is 17.5. The molecule has 10 heteroatoms. The number of carbonyl (C=O) groups is 2. The van der Waals surface area contributed by atoms with Gasteiger partial charge in [0.25, 0.3) is 11.8 Å². The number of nitrogens with one attached hydrogen (secondary N) is 3. The average Bonchev–Trinajstić information content (AvgIpc) is 3.85. The summed E-state index contributed by atoms with van der Waals surface area (Å²) >= 11 is 0. The number of nitrogens with zero attached hydrogens (tertiary/aromatic N) is 3.